The molecular weight excluding hydrogens is 400 g/mol. The van der Waals surface area contributed by atoms with Gasteiger partial charge < -0.3 is 15.0 Å². The second kappa shape index (κ2) is 8.59. The maximum atomic E-state index is 12.7. The molecule has 1 heterocycles. The van der Waals surface area contributed by atoms with Crippen molar-refractivity contribution in [3.63, 3.8) is 0 Å². The number of para-hydroxylation sites is 1. The van der Waals surface area contributed by atoms with Crippen LogP contribution in [-0.2, 0) is 9.59 Å². The molecule has 4 rings (SSSR count). The third-order valence-corrected chi connectivity index (χ3v) is 5.33. The maximum absolute atomic E-state index is 12.7. The van der Waals surface area contributed by atoms with Gasteiger partial charge in [-0.05, 0) is 67.1 Å². The highest BCUT2D eigenvalue weighted by atomic mass is 35.5. The number of carbonyl (C=O) groups is 2. The Balaban J connectivity index is 1.37. The van der Waals surface area contributed by atoms with Crippen molar-refractivity contribution in [3.05, 3.63) is 83.4 Å². The number of hydrogen-bond donors (Lipinski definition) is 1. The topological polar surface area (TPSA) is 58.6 Å². The van der Waals surface area contributed by atoms with Crippen LogP contribution in [0.25, 0.3) is 0 Å². The molecule has 0 spiro atoms. The summed E-state index contributed by atoms with van der Waals surface area (Å²) in [6.07, 6.45) is 0.206. The first-order valence-electron chi connectivity index (χ1n) is 9.70. The largest absolute Gasteiger partial charge is 0.457 e. The molecule has 1 fully saturated rings. The Hall–Kier alpha value is -3.31. The number of benzene rings is 3. The van der Waals surface area contributed by atoms with Gasteiger partial charge >= 0.3 is 0 Å². The van der Waals surface area contributed by atoms with E-state index in [2.05, 4.69) is 5.32 Å². The van der Waals surface area contributed by atoms with Gasteiger partial charge in [0.05, 0.1) is 5.92 Å². The summed E-state index contributed by atoms with van der Waals surface area (Å²) < 4.78 is 5.76. The van der Waals surface area contributed by atoms with E-state index in [0.29, 0.717) is 28.8 Å². The van der Waals surface area contributed by atoms with E-state index < -0.39 is 0 Å². The summed E-state index contributed by atoms with van der Waals surface area (Å²) in [4.78, 5) is 26.8. The highest BCUT2D eigenvalue weighted by Gasteiger charge is 2.35. The second-order valence-corrected chi connectivity index (χ2v) is 7.70. The average molecular weight is 421 g/mol. The van der Waals surface area contributed by atoms with Crippen molar-refractivity contribution in [2.45, 2.75) is 13.3 Å². The SMILES string of the molecule is Cc1ccccc1N1C[C@@H](C(=O)Nc2ccc(Oc3ccc(Cl)cc3)cc2)CC1=O. The Morgan fingerprint density at radius 3 is 2.30 bits per heavy atom. The van der Waals surface area contributed by atoms with E-state index in [-0.39, 0.29) is 24.2 Å². The molecule has 5 nitrogen and oxygen atoms in total. The van der Waals surface area contributed by atoms with Gasteiger partial charge in [0.25, 0.3) is 0 Å². The van der Waals surface area contributed by atoms with E-state index in [1.54, 1.807) is 53.4 Å². The predicted octanol–water partition coefficient (Wildman–Crippen LogP) is 5.43. The lowest BCUT2D eigenvalue weighted by Crippen LogP contribution is -2.28. The molecule has 1 aliphatic heterocycles. The van der Waals surface area contributed by atoms with Crippen LogP contribution in [0.5, 0.6) is 11.5 Å². The normalized spacial score (nSPS) is 15.9. The lowest BCUT2D eigenvalue weighted by atomic mass is 10.1. The van der Waals surface area contributed by atoms with Crippen LogP contribution in [0.3, 0.4) is 0 Å². The van der Waals surface area contributed by atoms with Crippen molar-refractivity contribution in [3.8, 4) is 11.5 Å². The van der Waals surface area contributed by atoms with Crippen LogP contribution in [0.4, 0.5) is 11.4 Å². The van der Waals surface area contributed by atoms with Crippen molar-refractivity contribution >= 4 is 34.8 Å². The minimum absolute atomic E-state index is 0.0313. The number of anilines is 2. The molecule has 0 aromatic heterocycles. The van der Waals surface area contributed by atoms with E-state index >= 15 is 0 Å². The zero-order valence-corrected chi connectivity index (χ0v) is 17.2. The Morgan fingerprint density at radius 1 is 1.00 bits per heavy atom. The number of hydrogen-bond acceptors (Lipinski definition) is 3. The molecular formula is C24H21ClN2O3. The summed E-state index contributed by atoms with van der Waals surface area (Å²) in [6, 6.07) is 21.9. The lowest BCUT2D eigenvalue weighted by molar-refractivity contribution is -0.122. The Labute approximate surface area is 180 Å². The predicted molar refractivity (Wildman–Crippen MR) is 118 cm³/mol. The number of nitrogens with one attached hydrogen (secondary N) is 1. The van der Waals surface area contributed by atoms with Crippen LogP contribution in [0.2, 0.25) is 5.02 Å². The molecule has 1 saturated heterocycles. The highest BCUT2D eigenvalue weighted by molar-refractivity contribution is 6.30. The maximum Gasteiger partial charge on any atom is 0.229 e. The van der Waals surface area contributed by atoms with Crippen LogP contribution in [0.1, 0.15) is 12.0 Å². The van der Waals surface area contributed by atoms with Gasteiger partial charge in [0.2, 0.25) is 11.8 Å². The molecule has 0 aliphatic carbocycles. The van der Waals surface area contributed by atoms with Crippen LogP contribution in [0, 0.1) is 12.8 Å². The molecule has 0 unspecified atom stereocenters. The molecule has 0 saturated carbocycles. The first-order valence-corrected chi connectivity index (χ1v) is 10.1. The van der Waals surface area contributed by atoms with Gasteiger partial charge in [-0.15, -0.1) is 0 Å². The minimum Gasteiger partial charge on any atom is -0.457 e. The lowest BCUT2D eigenvalue weighted by Gasteiger charge is -2.19. The molecule has 3 aromatic carbocycles. The van der Waals surface area contributed by atoms with Gasteiger partial charge in [0.15, 0.2) is 0 Å². The molecule has 30 heavy (non-hydrogen) atoms. The van der Waals surface area contributed by atoms with E-state index in [1.165, 1.54) is 0 Å². The number of aryl methyl sites for hydroxylation is 1. The summed E-state index contributed by atoms with van der Waals surface area (Å²) in [7, 11) is 0. The first-order chi connectivity index (χ1) is 14.5. The van der Waals surface area contributed by atoms with Crippen molar-refractivity contribution < 1.29 is 14.3 Å². The van der Waals surface area contributed by atoms with E-state index in [9.17, 15) is 9.59 Å². The molecule has 1 aliphatic rings. The number of ether oxygens (including phenoxy) is 1. The number of rotatable bonds is 5. The summed E-state index contributed by atoms with van der Waals surface area (Å²) in [6.45, 7) is 2.34. The van der Waals surface area contributed by atoms with Gasteiger partial charge in [0.1, 0.15) is 11.5 Å². The van der Waals surface area contributed by atoms with E-state index in [0.717, 1.165) is 11.3 Å². The monoisotopic (exact) mass is 420 g/mol. The van der Waals surface area contributed by atoms with Crippen LogP contribution in [0.15, 0.2) is 72.8 Å². The van der Waals surface area contributed by atoms with Gasteiger partial charge in [-0.3, -0.25) is 9.59 Å². The fourth-order valence-electron chi connectivity index (χ4n) is 3.47. The van der Waals surface area contributed by atoms with Crippen LogP contribution < -0.4 is 15.0 Å². The third-order valence-electron chi connectivity index (χ3n) is 5.07. The smallest absolute Gasteiger partial charge is 0.229 e. The van der Waals surface area contributed by atoms with Gasteiger partial charge in [0, 0.05) is 29.4 Å². The molecule has 152 valence electrons. The summed E-state index contributed by atoms with van der Waals surface area (Å²) in [5.74, 6) is 0.748. The third kappa shape index (κ3) is 4.47. The van der Waals surface area contributed by atoms with Crippen molar-refractivity contribution in [2.24, 2.45) is 5.92 Å². The zero-order valence-electron chi connectivity index (χ0n) is 16.5. The highest BCUT2D eigenvalue weighted by Crippen LogP contribution is 2.29. The number of halogens is 1. The number of amides is 2. The fourth-order valence-corrected chi connectivity index (χ4v) is 3.60. The quantitative estimate of drug-likeness (QED) is 0.598. The zero-order chi connectivity index (χ0) is 21.1. The van der Waals surface area contributed by atoms with Crippen molar-refractivity contribution in [2.75, 3.05) is 16.8 Å². The number of carbonyl (C=O) groups excluding carboxylic acids is 2. The van der Waals surface area contributed by atoms with Gasteiger partial charge in [-0.25, -0.2) is 0 Å². The fraction of sp³-hybridized carbons (Fsp3) is 0.167. The van der Waals surface area contributed by atoms with Gasteiger partial charge in [-0.1, -0.05) is 29.8 Å². The van der Waals surface area contributed by atoms with Crippen molar-refractivity contribution in [1.29, 1.82) is 0 Å². The molecule has 0 bridgehead atoms. The molecule has 0 radical (unpaired) electrons. The van der Waals surface area contributed by atoms with Gasteiger partial charge in [-0.2, -0.15) is 0 Å². The summed E-state index contributed by atoms with van der Waals surface area (Å²) in [5.41, 5.74) is 2.54. The Morgan fingerprint density at radius 2 is 1.63 bits per heavy atom. The van der Waals surface area contributed by atoms with Crippen LogP contribution >= 0.6 is 11.6 Å². The molecule has 2 amide bonds. The van der Waals surface area contributed by atoms with E-state index in [4.69, 9.17) is 16.3 Å². The molecule has 3 aromatic rings. The summed E-state index contributed by atoms with van der Waals surface area (Å²) >= 11 is 5.88. The average Bonchev–Trinajstić information content (AvgIpc) is 3.13. The molecule has 1 N–H and O–H groups in total. The van der Waals surface area contributed by atoms with E-state index in [1.807, 2.05) is 31.2 Å². The van der Waals surface area contributed by atoms with Crippen molar-refractivity contribution in [1.82, 2.24) is 0 Å². The van der Waals surface area contributed by atoms with Crippen LogP contribution in [-0.4, -0.2) is 18.4 Å². The Kier molecular flexibility index (Phi) is 5.72. The minimum atomic E-state index is -0.387. The summed E-state index contributed by atoms with van der Waals surface area (Å²) in [5, 5.41) is 3.54. The second-order valence-electron chi connectivity index (χ2n) is 7.26. The molecule has 1 atom stereocenters. The first kappa shape index (κ1) is 20.0. The standard InChI is InChI=1S/C24H21ClN2O3/c1-16-4-2-3-5-22(16)27-15-17(14-23(27)28)24(29)26-19-8-12-21(13-9-19)30-20-10-6-18(25)7-11-20/h2-13,17H,14-15H2,1H3,(H,26,29)/t17-/m0/s1. The molecule has 6 heteroatoms. The Bertz CT molecular complexity index is 1060. The number of nitrogens with zero attached hydrogens (tertiary/aromatic N) is 1.